The molecule has 0 radical (unpaired) electrons. The molecule has 0 spiro atoms. The first-order valence-corrected chi connectivity index (χ1v) is 8.55. The number of hydrogen-bond donors (Lipinski definition) is 0. The van der Waals surface area contributed by atoms with Gasteiger partial charge in [0.05, 0.1) is 17.4 Å². The van der Waals surface area contributed by atoms with Crippen molar-refractivity contribution in [2.45, 2.75) is 6.42 Å². The number of carbonyl (C=O) groups is 2. The van der Waals surface area contributed by atoms with Gasteiger partial charge in [-0.3, -0.25) is 19.6 Å². The van der Waals surface area contributed by atoms with Gasteiger partial charge in [-0.2, -0.15) is 5.10 Å². The summed E-state index contributed by atoms with van der Waals surface area (Å²) < 4.78 is 1.70. The van der Waals surface area contributed by atoms with Crippen molar-refractivity contribution in [1.29, 1.82) is 0 Å². The number of likely N-dealkylation sites (N-methyl/N-ethyl adjacent to an activating group) is 1. The molecular formula is C18H20N6O2. The molecule has 134 valence electrons. The van der Waals surface area contributed by atoms with Gasteiger partial charge in [-0.15, -0.1) is 0 Å². The topological polar surface area (TPSA) is 74.0 Å². The van der Waals surface area contributed by atoms with Crippen LogP contribution in [-0.4, -0.2) is 71.1 Å². The van der Waals surface area contributed by atoms with Crippen LogP contribution >= 0.6 is 0 Å². The molecule has 4 rings (SSSR count). The molecular weight excluding hydrogens is 332 g/mol. The number of fused-ring (bicyclic) bond motifs is 3. The van der Waals surface area contributed by atoms with Crippen LogP contribution in [-0.2, 0) is 4.79 Å². The third-order valence-electron chi connectivity index (χ3n) is 4.55. The van der Waals surface area contributed by atoms with Crippen LogP contribution in [0, 0.1) is 0 Å². The Kier molecular flexibility index (Phi) is 3.95. The van der Waals surface area contributed by atoms with Crippen molar-refractivity contribution in [3.63, 3.8) is 0 Å². The van der Waals surface area contributed by atoms with Crippen LogP contribution in [0.4, 0.5) is 10.6 Å². The van der Waals surface area contributed by atoms with Gasteiger partial charge in [-0.25, -0.2) is 9.48 Å². The predicted octanol–water partition coefficient (Wildman–Crippen LogP) is 1.35. The lowest BCUT2D eigenvalue weighted by Gasteiger charge is -2.38. The van der Waals surface area contributed by atoms with E-state index in [1.807, 2.05) is 30.3 Å². The van der Waals surface area contributed by atoms with E-state index in [1.165, 1.54) is 9.80 Å². The molecule has 3 heterocycles. The second kappa shape index (κ2) is 6.29. The fourth-order valence-corrected chi connectivity index (χ4v) is 3.19. The van der Waals surface area contributed by atoms with Gasteiger partial charge in [-0.1, -0.05) is 18.2 Å². The van der Waals surface area contributed by atoms with Crippen molar-refractivity contribution < 1.29 is 9.59 Å². The number of para-hydroxylation sites is 1. The average Bonchev–Trinajstić information content (AvgIpc) is 3.10. The summed E-state index contributed by atoms with van der Waals surface area (Å²) in [4.78, 5) is 34.6. The van der Waals surface area contributed by atoms with Crippen LogP contribution in [0.25, 0.3) is 5.69 Å². The van der Waals surface area contributed by atoms with E-state index < -0.39 is 0 Å². The van der Waals surface area contributed by atoms with Crippen LogP contribution in [0.3, 0.4) is 0 Å². The summed E-state index contributed by atoms with van der Waals surface area (Å²) in [5, 5.41) is 4.49. The number of aromatic nitrogens is 2. The first-order chi connectivity index (χ1) is 12.6. The molecule has 0 N–H and O–H groups in total. The molecule has 0 unspecified atom stereocenters. The van der Waals surface area contributed by atoms with E-state index in [0.717, 1.165) is 17.7 Å². The number of hydrogen-bond acceptors (Lipinski definition) is 4. The standard InChI is InChI=1S/C18H20N6O2/c1-21(2)15(25)12-23-17-14(16-19-9-6-10-22(16)18(23)26)11-20-24(17)13-7-4-3-5-8-13/h3-5,7-8,11H,6,9-10,12H2,1-2H3. The number of anilines is 1. The van der Waals surface area contributed by atoms with E-state index in [2.05, 4.69) is 10.1 Å². The Labute approximate surface area is 151 Å². The summed E-state index contributed by atoms with van der Waals surface area (Å²) in [7, 11) is 3.36. The number of carbonyl (C=O) groups excluding carboxylic acids is 2. The number of aliphatic imine (C=N–C) groups is 1. The third-order valence-corrected chi connectivity index (χ3v) is 4.55. The zero-order valence-electron chi connectivity index (χ0n) is 14.8. The van der Waals surface area contributed by atoms with Crippen molar-refractivity contribution in [3.05, 3.63) is 42.1 Å². The lowest BCUT2D eigenvalue weighted by Crippen LogP contribution is -2.55. The third kappa shape index (κ3) is 2.54. The fourth-order valence-electron chi connectivity index (χ4n) is 3.19. The van der Waals surface area contributed by atoms with E-state index in [4.69, 9.17) is 0 Å². The molecule has 2 aliphatic heterocycles. The van der Waals surface area contributed by atoms with Crippen LogP contribution in [0.2, 0.25) is 0 Å². The molecule has 8 heteroatoms. The highest BCUT2D eigenvalue weighted by molar-refractivity contribution is 6.19. The largest absolute Gasteiger partial charge is 0.347 e. The highest BCUT2D eigenvalue weighted by atomic mass is 16.2. The summed E-state index contributed by atoms with van der Waals surface area (Å²) in [5.41, 5.74) is 1.61. The first kappa shape index (κ1) is 16.3. The van der Waals surface area contributed by atoms with E-state index >= 15 is 0 Å². The molecule has 3 amide bonds. The van der Waals surface area contributed by atoms with E-state index in [0.29, 0.717) is 24.7 Å². The minimum absolute atomic E-state index is 0.0405. The highest BCUT2D eigenvalue weighted by Crippen LogP contribution is 2.32. The number of amides is 3. The molecule has 0 saturated carbocycles. The summed E-state index contributed by atoms with van der Waals surface area (Å²) in [6.07, 6.45) is 2.53. The Balaban J connectivity index is 1.87. The van der Waals surface area contributed by atoms with Gasteiger partial charge in [0.1, 0.15) is 12.4 Å². The zero-order chi connectivity index (χ0) is 18.3. The molecule has 2 aliphatic rings. The number of urea groups is 1. The first-order valence-electron chi connectivity index (χ1n) is 8.55. The maximum atomic E-state index is 13.1. The smallest absolute Gasteiger partial charge is 0.331 e. The number of amidine groups is 1. The van der Waals surface area contributed by atoms with Crippen molar-refractivity contribution >= 4 is 23.6 Å². The van der Waals surface area contributed by atoms with Crippen molar-refractivity contribution in [1.82, 2.24) is 19.6 Å². The van der Waals surface area contributed by atoms with Crippen LogP contribution in [0.5, 0.6) is 0 Å². The Morgan fingerprint density at radius 2 is 2.00 bits per heavy atom. The second-order valence-corrected chi connectivity index (χ2v) is 6.50. The monoisotopic (exact) mass is 352 g/mol. The van der Waals surface area contributed by atoms with Gasteiger partial charge < -0.3 is 4.90 Å². The fraction of sp³-hybridized carbons (Fsp3) is 0.333. The van der Waals surface area contributed by atoms with Gasteiger partial charge >= 0.3 is 6.03 Å². The molecule has 2 aromatic rings. The SMILES string of the molecule is CN(C)C(=O)CN1C(=O)N2CCCN=C2c2cnn(-c3ccccc3)c21. The Hall–Kier alpha value is -3.16. The van der Waals surface area contributed by atoms with Crippen LogP contribution in [0.1, 0.15) is 12.0 Å². The maximum absolute atomic E-state index is 13.1. The molecule has 8 nitrogen and oxygen atoms in total. The summed E-state index contributed by atoms with van der Waals surface area (Å²) in [6, 6.07) is 9.34. The molecule has 1 aromatic carbocycles. The Bertz CT molecular complexity index is 886. The second-order valence-electron chi connectivity index (χ2n) is 6.50. The van der Waals surface area contributed by atoms with Crippen molar-refractivity contribution in [2.24, 2.45) is 4.99 Å². The lowest BCUT2D eigenvalue weighted by atomic mass is 10.1. The van der Waals surface area contributed by atoms with Gasteiger partial charge in [-0.05, 0) is 18.6 Å². The van der Waals surface area contributed by atoms with Gasteiger partial charge in [0.2, 0.25) is 5.91 Å². The minimum Gasteiger partial charge on any atom is -0.347 e. The minimum atomic E-state index is -0.233. The molecule has 0 saturated heterocycles. The zero-order valence-corrected chi connectivity index (χ0v) is 14.8. The molecule has 0 aliphatic carbocycles. The van der Waals surface area contributed by atoms with Gasteiger partial charge in [0, 0.05) is 27.2 Å². The van der Waals surface area contributed by atoms with E-state index in [-0.39, 0.29) is 18.5 Å². The molecule has 0 fully saturated rings. The van der Waals surface area contributed by atoms with Gasteiger partial charge in [0.25, 0.3) is 0 Å². The van der Waals surface area contributed by atoms with Crippen LogP contribution in [0.15, 0.2) is 41.5 Å². The number of rotatable bonds is 3. The maximum Gasteiger partial charge on any atom is 0.331 e. The number of benzene rings is 1. The highest BCUT2D eigenvalue weighted by Gasteiger charge is 2.40. The Morgan fingerprint density at radius 1 is 1.23 bits per heavy atom. The normalized spacial score (nSPS) is 16.1. The Morgan fingerprint density at radius 3 is 2.73 bits per heavy atom. The van der Waals surface area contributed by atoms with Crippen LogP contribution < -0.4 is 4.90 Å². The van der Waals surface area contributed by atoms with Crippen molar-refractivity contribution in [3.8, 4) is 5.69 Å². The molecule has 1 aromatic heterocycles. The summed E-state index contributed by atoms with van der Waals surface area (Å²) >= 11 is 0. The van der Waals surface area contributed by atoms with Gasteiger partial charge in [0.15, 0.2) is 5.82 Å². The predicted molar refractivity (Wildman–Crippen MR) is 97.7 cm³/mol. The average molecular weight is 352 g/mol. The quantitative estimate of drug-likeness (QED) is 0.837. The number of nitrogens with zero attached hydrogens (tertiary/aromatic N) is 6. The van der Waals surface area contributed by atoms with E-state index in [9.17, 15) is 9.59 Å². The van der Waals surface area contributed by atoms with Crippen molar-refractivity contribution in [2.75, 3.05) is 38.6 Å². The summed E-state index contributed by atoms with van der Waals surface area (Å²) in [6.45, 7) is 1.24. The molecule has 0 bridgehead atoms. The summed E-state index contributed by atoms with van der Waals surface area (Å²) in [5.74, 6) is 1.09. The lowest BCUT2D eigenvalue weighted by molar-refractivity contribution is -0.127. The molecule has 0 atom stereocenters. The van der Waals surface area contributed by atoms with E-state index in [1.54, 1.807) is 29.9 Å². The molecule has 26 heavy (non-hydrogen) atoms.